The SMILES string of the molecule is [2H]C([2H])(OP(=O)(C[C@@H](C)C(=O)OCc1ccccc1)Oc1cccc2ccccc12)[C@H]1O[C@@H](n2ccc(=O)[nH]c2=S)C(C)(O)[C@H]1O. The van der Waals surface area contributed by atoms with Crippen molar-refractivity contribution in [3.8, 4) is 5.75 Å². The number of rotatable bonds is 11. The van der Waals surface area contributed by atoms with Crippen LogP contribution in [0.4, 0.5) is 0 Å². The van der Waals surface area contributed by atoms with E-state index in [4.69, 9.17) is 33.5 Å². The smallest absolute Gasteiger partial charge is 0.380 e. The van der Waals surface area contributed by atoms with Gasteiger partial charge in [-0.1, -0.05) is 73.7 Å². The number of carbonyl (C=O) groups is 1. The van der Waals surface area contributed by atoms with Crippen LogP contribution in [0.1, 0.15) is 28.4 Å². The van der Waals surface area contributed by atoms with Crippen molar-refractivity contribution in [3.63, 3.8) is 0 Å². The molecule has 13 heteroatoms. The number of H-pyrrole nitrogens is 1. The van der Waals surface area contributed by atoms with Crippen LogP contribution in [0.3, 0.4) is 0 Å². The quantitative estimate of drug-likeness (QED) is 0.119. The molecule has 6 atom stereocenters. The predicted molar refractivity (Wildman–Crippen MR) is 165 cm³/mol. The van der Waals surface area contributed by atoms with Gasteiger partial charge in [0, 0.05) is 17.6 Å². The summed E-state index contributed by atoms with van der Waals surface area (Å²) >= 11 is 5.17. The maximum absolute atomic E-state index is 14.5. The fourth-order valence-corrected chi connectivity index (χ4v) is 6.77. The second-order valence-electron chi connectivity index (χ2n) is 10.7. The zero-order chi connectivity index (χ0) is 33.3. The first kappa shape index (κ1) is 29.1. The number of ether oxygens (including phenoxy) is 2. The molecule has 0 radical (unpaired) electrons. The highest BCUT2D eigenvalue weighted by Crippen LogP contribution is 2.52. The molecule has 2 unspecified atom stereocenters. The molecule has 0 amide bonds. The molecule has 1 fully saturated rings. The van der Waals surface area contributed by atoms with Crippen LogP contribution >= 0.6 is 19.8 Å². The van der Waals surface area contributed by atoms with E-state index in [0.717, 1.165) is 21.6 Å². The number of carbonyl (C=O) groups excluding carboxylic acids is 1. The molecule has 0 aliphatic carbocycles. The van der Waals surface area contributed by atoms with Crippen molar-refractivity contribution in [2.24, 2.45) is 5.92 Å². The number of aromatic nitrogens is 2. The molecule has 1 aliphatic rings. The maximum Gasteiger partial charge on any atom is 0.380 e. The lowest BCUT2D eigenvalue weighted by atomic mass is 9.96. The second kappa shape index (κ2) is 13.2. The summed E-state index contributed by atoms with van der Waals surface area (Å²) in [4.78, 5) is 27.1. The first-order chi connectivity index (χ1) is 21.7. The summed E-state index contributed by atoms with van der Waals surface area (Å²) in [5, 5.41) is 23.6. The number of aliphatic hydroxyl groups excluding tert-OH is 1. The lowest BCUT2D eigenvalue weighted by molar-refractivity contribution is -0.148. The Bertz CT molecular complexity index is 1880. The molecule has 2 heterocycles. The number of nitrogens with one attached hydrogen (secondary N) is 1. The molecule has 5 rings (SSSR count). The molecule has 4 aromatic rings. The van der Waals surface area contributed by atoms with Crippen molar-refractivity contribution >= 4 is 36.6 Å². The van der Waals surface area contributed by atoms with Crippen LogP contribution in [0.2, 0.25) is 0 Å². The molecule has 3 aromatic carbocycles. The Hall–Kier alpha value is -3.64. The van der Waals surface area contributed by atoms with Crippen molar-refractivity contribution < 1.29 is 40.8 Å². The third-order valence-corrected chi connectivity index (χ3v) is 9.35. The van der Waals surface area contributed by atoms with Crippen molar-refractivity contribution in [3.05, 3.63) is 106 Å². The number of hydrogen-bond acceptors (Lipinski definition) is 10. The largest absolute Gasteiger partial charge is 0.461 e. The number of hydrogen-bond donors (Lipinski definition) is 3. The second-order valence-corrected chi connectivity index (χ2v) is 13.0. The first-order valence-corrected chi connectivity index (χ1v) is 15.9. The minimum atomic E-state index is -4.62. The zero-order valence-electron chi connectivity index (χ0n) is 25.9. The monoisotopic (exact) mass is 642 g/mol. The topological polar surface area (TPSA) is 149 Å². The van der Waals surface area contributed by atoms with Crippen LogP contribution in [-0.4, -0.2) is 56.3 Å². The first-order valence-electron chi connectivity index (χ1n) is 14.8. The van der Waals surface area contributed by atoms with E-state index < -0.39 is 61.8 Å². The molecular weight excluding hydrogens is 607 g/mol. The summed E-state index contributed by atoms with van der Waals surface area (Å²) in [5.74, 6) is -1.69. The normalized spacial score (nSPS) is 24.6. The third-order valence-electron chi connectivity index (χ3n) is 7.18. The molecule has 0 bridgehead atoms. The van der Waals surface area contributed by atoms with Gasteiger partial charge in [-0.2, -0.15) is 0 Å². The molecule has 232 valence electrons. The molecule has 3 N–H and O–H groups in total. The van der Waals surface area contributed by atoms with E-state index >= 15 is 0 Å². The lowest BCUT2D eigenvalue weighted by Gasteiger charge is -2.28. The summed E-state index contributed by atoms with van der Waals surface area (Å²) < 4.78 is 55.9. The average molecular weight is 643 g/mol. The van der Waals surface area contributed by atoms with Gasteiger partial charge in [0.2, 0.25) is 0 Å². The van der Waals surface area contributed by atoms with Crippen LogP contribution in [0, 0.1) is 10.7 Å². The minimum absolute atomic E-state index is 0.0357. The summed E-state index contributed by atoms with van der Waals surface area (Å²) in [5.41, 5.74) is -1.92. The summed E-state index contributed by atoms with van der Waals surface area (Å²) in [6.07, 6.45) is -4.70. The Kier molecular flexibility index (Phi) is 8.70. The maximum atomic E-state index is 14.5. The van der Waals surface area contributed by atoms with Crippen LogP contribution < -0.4 is 10.1 Å². The van der Waals surface area contributed by atoms with Gasteiger partial charge in [0.25, 0.3) is 5.56 Å². The van der Waals surface area contributed by atoms with Gasteiger partial charge < -0.3 is 24.2 Å². The van der Waals surface area contributed by atoms with E-state index in [1.54, 1.807) is 48.5 Å². The van der Waals surface area contributed by atoms with Crippen LogP contribution in [0.5, 0.6) is 5.75 Å². The van der Waals surface area contributed by atoms with E-state index in [0.29, 0.717) is 5.39 Å². The van der Waals surface area contributed by atoms with E-state index in [1.807, 2.05) is 18.2 Å². The molecule has 11 nitrogen and oxygen atoms in total. The van der Waals surface area contributed by atoms with Crippen molar-refractivity contribution in [2.75, 3.05) is 12.7 Å². The number of nitrogens with zero attached hydrogens (tertiary/aromatic N) is 1. The van der Waals surface area contributed by atoms with E-state index in [2.05, 4.69) is 4.98 Å². The van der Waals surface area contributed by atoms with Crippen LogP contribution in [-0.2, 0) is 30.0 Å². The van der Waals surface area contributed by atoms with Gasteiger partial charge in [0.1, 0.15) is 30.2 Å². The molecule has 0 spiro atoms. The van der Waals surface area contributed by atoms with Gasteiger partial charge in [0.15, 0.2) is 11.0 Å². The van der Waals surface area contributed by atoms with Crippen LogP contribution in [0.15, 0.2) is 89.9 Å². The Labute approximate surface area is 261 Å². The predicted octanol–water partition coefficient (Wildman–Crippen LogP) is 4.74. The van der Waals surface area contributed by atoms with E-state index in [1.165, 1.54) is 26.1 Å². The third kappa shape index (κ3) is 7.02. The highest BCUT2D eigenvalue weighted by atomic mass is 32.1. The highest BCUT2D eigenvalue weighted by molar-refractivity contribution is 7.71. The van der Waals surface area contributed by atoms with Gasteiger partial charge in [-0.25, -0.2) is 4.57 Å². The van der Waals surface area contributed by atoms with Gasteiger partial charge in [-0.15, -0.1) is 0 Å². The minimum Gasteiger partial charge on any atom is -0.461 e. The summed E-state index contributed by atoms with van der Waals surface area (Å²) in [6.45, 7) is -0.449. The Morgan fingerprint density at radius 1 is 1.16 bits per heavy atom. The molecule has 1 aromatic heterocycles. The zero-order valence-corrected chi connectivity index (χ0v) is 25.6. The number of aromatic amines is 1. The van der Waals surface area contributed by atoms with E-state index in [-0.39, 0.29) is 17.1 Å². The fourth-order valence-electron chi connectivity index (χ4n) is 4.79. The summed E-state index contributed by atoms with van der Waals surface area (Å²) in [6, 6.07) is 22.2. The van der Waals surface area contributed by atoms with Crippen molar-refractivity contribution in [1.82, 2.24) is 9.55 Å². The van der Waals surface area contributed by atoms with Crippen LogP contribution in [0.25, 0.3) is 10.8 Å². The fraction of sp³-hybridized carbons (Fsp3) is 0.323. The van der Waals surface area contributed by atoms with Gasteiger partial charge in [-0.3, -0.25) is 23.7 Å². The summed E-state index contributed by atoms with van der Waals surface area (Å²) in [7, 11) is -4.62. The van der Waals surface area contributed by atoms with Crippen molar-refractivity contribution in [1.29, 1.82) is 0 Å². The van der Waals surface area contributed by atoms with E-state index in [9.17, 15) is 24.4 Å². The van der Waals surface area contributed by atoms with Gasteiger partial charge in [0.05, 0.1) is 21.4 Å². The number of aliphatic hydroxyl groups is 2. The van der Waals surface area contributed by atoms with Gasteiger partial charge >= 0.3 is 13.6 Å². The molecular formula is C31H33N2O9PS. The van der Waals surface area contributed by atoms with Gasteiger partial charge in [-0.05, 0) is 36.2 Å². The Morgan fingerprint density at radius 2 is 1.86 bits per heavy atom. The standard InChI is InChI=1S/C31H33N2O9PS/c1-20(28(36)39-17-21-9-4-3-5-10-21)19-43(38,42-24-14-8-12-22-11-6-7-13-23(22)24)40-18-25-27(35)31(2,37)29(41-25)33-16-15-26(34)32-30(33)44/h3-16,20,25,27,29,35,37H,17-19H2,1-2H3,(H,32,34,44)/t20-,25-,27+,29-,31?,43?/m1/s1/i18D2. The molecule has 1 saturated heterocycles. The van der Waals surface area contributed by atoms with Crippen molar-refractivity contribution in [2.45, 2.75) is 44.5 Å². The number of esters is 1. The molecule has 44 heavy (non-hydrogen) atoms. The highest BCUT2D eigenvalue weighted by Gasteiger charge is 2.53. The number of benzene rings is 3. The average Bonchev–Trinajstić information content (AvgIpc) is 3.25. The molecule has 1 aliphatic heterocycles. The Morgan fingerprint density at radius 3 is 2.61 bits per heavy atom. The Balaban J connectivity index is 1.44. The lowest BCUT2D eigenvalue weighted by Crippen LogP contribution is -2.44. The number of fused-ring (bicyclic) bond motifs is 1. The molecule has 0 saturated carbocycles.